The Labute approximate surface area is 382 Å². The molecule has 0 aliphatic carbocycles. The summed E-state index contributed by atoms with van der Waals surface area (Å²) in [5.41, 5.74) is 13.8. The van der Waals surface area contributed by atoms with E-state index in [1.807, 2.05) is 18.2 Å². The van der Waals surface area contributed by atoms with Crippen LogP contribution in [-0.2, 0) is 26.5 Å². The average Bonchev–Trinajstić information content (AvgIpc) is 3.81. The van der Waals surface area contributed by atoms with Gasteiger partial charge < -0.3 is 8.98 Å². The molecule has 0 bridgehead atoms. The Morgan fingerprint density at radius 1 is 0.738 bits per heavy atom. The minimum atomic E-state index is -1.86. The average molecular weight is 1060 g/mol. The summed E-state index contributed by atoms with van der Waals surface area (Å²) in [5.74, 6) is 9.50. The summed E-state index contributed by atoms with van der Waals surface area (Å²) in [6.07, 6.45) is 6.54. The van der Waals surface area contributed by atoms with Gasteiger partial charge in [0.2, 0.25) is 0 Å². The zero-order valence-electron chi connectivity index (χ0n) is 38.1. The number of hydrogen-bond acceptors (Lipinski definition) is 3. The van der Waals surface area contributed by atoms with Crippen molar-refractivity contribution in [3.05, 3.63) is 150 Å². The molecule has 317 valence electrons. The molecule has 0 saturated carbocycles. The molecule has 3 heterocycles. The Morgan fingerprint density at radius 2 is 1.39 bits per heavy atom. The van der Waals surface area contributed by atoms with Gasteiger partial charge >= 0.3 is 126 Å². The second kappa shape index (κ2) is 19.0. The van der Waals surface area contributed by atoms with Crippen LogP contribution in [0.4, 0.5) is 0 Å². The minimum absolute atomic E-state index is 0. The first-order valence-electron chi connectivity index (χ1n) is 21.6. The van der Waals surface area contributed by atoms with E-state index in [0.717, 1.165) is 51.1 Å². The van der Waals surface area contributed by atoms with Gasteiger partial charge in [-0.3, -0.25) is 4.98 Å². The Kier molecular flexibility index (Phi) is 14.4. The number of hydrogen-bond donors (Lipinski definition) is 0. The molecule has 0 atom stereocenters. The van der Waals surface area contributed by atoms with Crippen molar-refractivity contribution in [2.75, 3.05) is 0 Å². The van der Waals surface area contributed by atoms with E-state index in [1.54, 1.807) is 4.40 Å². The number of furan rings is 1. The fourth-order valence-electron chi connectivity index (χ4n) is 8.12. The van der Waals surface area contributed by atoms with E-state index < -0.39 is 21.3 Å². The van der Waals surface area contributed by atoms with Gasteiger partial charge in [0.15, 0.2) is 0 Å². The van der Waals surface area contributed by atoms with E-state index in [2.05, 4.69) is 199 Å². The van der Waals surface area contributed by atoms with E-state index in [4.69, 9.17) is 14.4 Å². The van der Waals surface area contributed by atoms with E-state index in [0.29, 0.717) is 17.8 Å². The van der Waals surface area contributed by atoms with Crippen molar-refractivity contribution in [3.8, 4) is 39.5 Å². The molecule has 4 nitrogen and oxygen atoms in total. The third-order valence-corrected chi connectivity index (χ3v) is 17.7. The summed E-state index contributed by atoms with van der Waals surface area (Å²) < 4.78 is 9.94. The van der Waals surface area contributed by atoms with Gasteiger partial charge in [0.25, 0.3) is 0 Å². The molecule has 0 saturated heterocycles. The van der Waals surface area contributed by atoms with Crippen molar-refractivity contribution in [3.63, 3.8) is 0 Å². The van der Waals surface area contributed by atoms with Gasteiger partial charge in [-0.25, -0.2) is 0 Å². The Morgan fingerprint density at radius 3 is 2.00 bits per heavy atom. The van der Waals surface area contributed by atoms with Crippen molar-refractivity contribution in [1.82, 2.24) is 14.5 Å². The van der Waals surface area contributed by atoms with Gasteiger partial charge in [-0.1, -0.05) is 118 Å². The number of rotatable bonds is 10. The van der Waals surface area contributed by atoms with Crippen LogP contribution in [0.5, 0.6) is 0 Å². The molecule has 0 fully saturated rings. The van der Waals surface area contributed by atoms with Crippen LogP contribution >= 0.6 is 0 Å². The van der Waals surface area contributed by atoms with Gasteiger partial charge in [-0.15, -0.1) is 6.07 Å². The smallest absolute Gasteiger partial charge is 0.0774 e. The summed E-state index contributed by atoms with van der Waals surface area (Å²) in [6.45, 7) is 20.9. The normalized spacial score (nSPS) is 12.0. The van der Waals surface area contributed by atoms with Crippen molar-refractivity contribution >= 4 is 52.9 Å². The zero-order chi connectivity index (χ0) is 42.9. The maximum Gasteiger partial charge on any atom is 0.0774 e. The molecule has 0 amide bonds. The molecule has 0 unspecified atom stereocenters. The van der Waals surface area contributed by atoms with E-state index >= 15 is 0 Å². The van der Waals surface area contributed by atoms with Crippen LogP contribution in [0.2, 0.25) is 36.9 Å². The third-order valence-electron chi connectivity index (χ3n) is 11.3. The molecule has 0 aliphatic rings. The van der Waals surface area contributed by atoms with Gasteiger partial charge in [-0.2, -0.15) is 0 Å². The van der Waals surface area contributed by atoms with Crippen LogP contribution in [0.15, 0.2) is 126 Å². The standard InChI is InChI=1S/C36H37N2OSi.C18H24GeN.Ir/c1-23(2)28-19-26(25-13-9-8-10-14-25)20-29(24(3)4)35(28)38-33-16-12-11-15-32(33)37-36(38)31-22-39-34-18-17-27(21-30(31)34)40(5,6)7;1-14(2)11-16-12-18(15-9-7-6-8-10-15)20-13-17(16)19(3,4)5;/h8-21,23-24H,1-7H3;6-9,12-14H,11H2,1-5H3;/q2*-1;. The number of nitrogens with zero attached hydrogens (tertiary/aromatic N) is 3. The number of para-hydroxylation sites is 2. The molecule has 8 rings (SSSR count). The Bertz CT molecular complexity index is 2710. The molecule has 61 heavy (non-hydrogen) atoms. The summed E-state index contributed by atoms with van der Waals surface area (Å²) in [7, 11) is -1.53. The monoisotopic (exact) mass is 1060 g/mol. The summed E-state index contributed by atoms with van der Waals surface area (Å²) in [5, 5.41) is 2.48. The van der Waals surface area contributed by atoms with E-state index in [9.17, 15) is 0 Å². The molecular formula is C54H61GeIrN3OSi-2. The topological polar surface area (TPSA) is 43.9 Å². The SMILES string of the molecule is CC(C)Cc1cc(-c2[c-]cccc2)nc[c]1[Ge]([CH3])([CH3])[CH3].CC(C)c1cc(-c2ccccc2)cc(C(C)C)c1-n1c(-c2[c-]oc3ccc([Si](C)(C)C)cc23)nc2ccccc21.[Ir]. The van der Waals surface area contributed by atoms with Gasteiger partial charge in [0, 0.05) is 37.6 Å². The van der Waals surface area contributed by atoms with Crippen molar-refractivity contribution in [2.45, 2.75) is 96.7 Å². The number of pyridine rings is 1. The molecule has 1 radical (unpaired) electrons. The molecule has 0 spiro atoms. The summed E-state index contributed by atoms with van der Waals surface area (Å²) >= 11 is -1.86. The first kappa shape index (κ1) is 46.2. The molecular weight excluding hydrogens is 1000 g/mol. The van der Waals surface area contributed by atoms with Crippen LogP contribution in [-0.4, -0.2) is 35.9 Å². The second-order valence-electron chi connectivity index (χ2n) is 19.3. The predicted molar refractivity (Wildman–Crippen MR) is 262 cm³/mol. The number of benzene rings is 5. The fourth-order valence-corrected chi connectivity index (χ4v) is 12.6. The number of imidazole rings is 1. The number of fused-ring (bicyclic) bond motifs is 2. The number of aromatic nitrogens is 3. The van der Waals surface area contributed by atoms with Gasteiger partial charge in [-0.05, 0) is 58.4 Å². The molecule has 0 N–H and O–H groups in total. The van der Waals surface area contributed by atoms with Crippen molar-refractivity contribution in [2.24, 2.45) is 5.92 Å². The quantitative estimate of drug-likeness (QED) is 0.101. The largest absolute Gasteiger partial charge is 0.557 e. The van der Waals surface area contributed by atoms with Crippen molar-refractivity contribution in [1.29, 1.82) is 0 Å². The summed E-state index contributed by atoms with van der Waals surface area (Å²) in [4.78, 5) is 9.94. The van der Waals surface area contributed by atoms with E-state index in [-0.39, 0.29) is 20.1 Å². The van der Waals surface area contributed by atoms with Crippen LogP contribution in [0.1, 0.15) is 70.1 Å². The van der Waals surface area contributed by atoms with Crippen LogP contribution in [0.25, 0.3) is 61.5 Å². The maximum atomic E-state index is 6.03. The van der Waals surface area contributed by atoms with Gasteiger partial charge in [0.1, 0.15) is 0 Å². The Hall–Kier alpha value is -4.33. The second-order valence-corrected chi connectivity index (χ2v) is 35.0. The third kappa shape index (κ3) is 10.2. The molecule has 7 heteroatoms. The molecule has 5 aromatic carbocycles. The maximum absolute atomic E-state index is 6.03. The molecule has 0 aliphatic heterocycles. The van der Waals surface area contributed by atoms with Crippen LogP contribution in [0.3, 0.4) is 0 Å². The van der Waals surface area contributed by atoms with E-state index in [1.165, 1.54) is 38.7 Å². The first-order chi connectivity index (χ1) is 28.5. The first-order valence-corrected chi connectivity index (χ1v) is 32.5. The van der Waals surface area contributed by atoms with Crippen LogP contribution < -0.4 is 9.58 Å². The van der Waals surface area contributed by atoms with Crippen LogP contribution in [0, 0.1) is 18.2 Å². The minimum Gasteiger partial charge on any atom is -0.557 e. The molecule has 3 aromatic heterocycles. The fraction of sp³-hybridized carbons (Fsp3) is 0.296. The Balaban J connectivity index is 0.000000250. The zero-order valence-corrected chi connectivity index (χ0v) is 43.6. The van der Waals surface area contributed by atoms with Gasteiger partial charge in [0.05, 0.1) is 24.9 Å². The summed E-state index contributed by atoms with van der Waals surface area (Å²) in [6, 6.07) is 44.2. The van der Waals surface area contributed by atoms with Crippen molar-refractivity contribution < 1.29 is 24.5 Å². The predicted octanol–water partition coefficient (Wildman–Crippen LogP) is 14.0. The molecule has 8 aromatic rings.